The van der Waals surface area contributed by atoms with E-state index in [0.717, 1.165) is 23.1 Å². The number of nitro benzene ring substituents is 1. The zero-order chi connectivity index (χ0) is 27.5. The van der Waals surface area contributed by atoms with Crippen molar-refractivity contribution in [1.82, 2.24) is 10.2 Å². The first kappa shape index (κ1) is 28.8. The topological polar surface area (TPSA) is 92.6 Å². The number of thioether (sulfide) groups is 1. The van der Waals surface area contributed by atoms with Crippen molar-refractivity contribution in [3.8, 4) is 0 Å². The van der Waals surface area contributed by atoms with Gasteiger partial charge in [0.15, 0.2) is 0 Å². The fourth-order valence-corrected chi connectivity index (χ4v) is 4.71. The van der Waals surface area contributed by atoms with Gasteiger partial charge in [-0.3, -0.25) is 19.7 Å². The highest BCUT2D eigenvalue weighted by Gasteiger charge is 2.30. The zero-order valence-corrected chi connectivity index (χ0v) is 22.3. The van der Waals surface area contributed by atoms with Gasteiger partial charge in [0.25, 0.3) is 5.69 Å². The number of nitro groups is 1. The van der Waals surface area contributed by atoms with Crippen molar-refractivity contribution < 1.29 is 18.9 Å². The maximum absolute atomic E-state index is 13.6. The van der Waals surface area contributed by atoms with Crippen molar-refractivity contribution in [2.45, 2.75) is 51.1 Å². The summed E-state index contributed by atoms with van der Waals surface area (Å²) in [5.74, 6) is -0.238. The fourth-order valence-electron chi connectivity index (χ4n) is 3.83. The number of hydrogen-bond donors (Lipinski definition) is 1. The number of carbonyl (C=O) groups excluding carboxylic acids is 2. The van der Waals surface area contributed by atoms with Gasteiger partial charge in [0.1, 0.15) is 11.9 Å². The van der Waals surface area contributed by atoms with Crippen LogP contribution in [0.25, 0.3) is 0 Å². The van der Waals surface area contributed by atoms with E-state index in [4.69, 9.17) is 0 Å². The predicted molar refractivity (Wildman–Crippen MR) is 148 cm³/mol. The first-order valence-electron chi connectivity index (χ1n) is 12.5. The van der Waals surface area contributed by atoms with Gasteiger partial charge in [0.05, 0.1) is 10.7 Å². The average Bonchev–Trinajstić information content (AvgIpc) is 2.92. The molecular weight excluding hydrogens is 505 g/mol. The van der Waals surface area contributed by atoms with Crippen LogP contribution in [0.2, 0.25) is 0 Å². The molecule has 0 heterocycles. The van der Waals surface area contributed by atoms with Crippen LogP contribution in [0.5, 0.6) is 0 Å². The van der Waals surface area contributed by atoms with Gasteiger partial charge in [-0.15, -0.1) is 11.8 Å². The molecule has 1 N–H and O–H groups in total. The van der Waals surface area contributed by atoms with Crippen LogP contribution in [-0.4, -0.2) is 39.5 Å². The molecule has 2 atom stereocenters. The Balaban J connectivity index is 1.82. The van der Waals surface area contributed by atoms with Crippen LogP contribution in [0.3, 0.4) is 0 Å². The molecule has 3 rings (SSSR count). The predicted octanol–water partition coefficient (Wildman–Crippen LogP) is 5.52. The Kier molecular flexibility index (Phi) is 10.8. The molecule has 9 heteroatoms. The van der Waals surface area contributed by atoms with E-state index in [1.165, 1.54) is 36.0 Å². The lowest BCUT2D eigenvalue weighted by atomic mass is 10.0. The normalized spacial score (nSPS) is 12.4. The number of amides is 2. The van der Waals surface area contributed by atoms with Crippen LogP contribution in [0.15, 0.2) is 78.9 Å². The number of rotatable bonds is 13. The van der Waals surface area contributed by atoms with E-state index in [9.17, 15) is 24.1 Å². The van der Waals surface area contributed by atoms with Crippen molar-refractivity contribution in [3.63, 3.8) is 0 Å². The van der Waals surface area contributed by atoms with Crippen LogP contribution in [-0.2, 0) is 28.3 Å². The number of nitrogens with one attached hydrogen (secondary N) is 1. The standard InChI is InChI=1S/C29H32FN3O4S/c1-3-21(2)31-29(35)27(17-22-7-5-4-6-8-22)32(18-23-9-13-25(30)14-10-23)28(34)20-38-19-24-11-15-26(16-12-24)33(36)37/h4-16,21,27H,3,17-20H2,1-2H3,(H,31,35)/t21-,27-/m1/s1. The first-order chi connectivity index (χ1) is 18.3. The fraction of sp³-hybridized carbons (Fsp3) is 0.310. The minimum atomic E-state index is -0.760. The summed E-state index contributed by atoms with van der Waals surface area (Å²) in [5, 5.41) is 13.9. The molecule has 0 fully saturated rings. The van der Waals surface area contributed by atoms with Crippen LogP contribution >= 0.6 is 11.8 Å². The average molecular weight is 538 g/mol. The number of carbonyl (C=O) groups is 2. The third-order valence-electron chi connectivity index (χ3n) is 6.18. The van der Waals surface area contributed by atoms with E-state index in [1.54, 1.807) is 29.2 Å². The van der Waals surface area contributed by atoms with Crippen LogP contribution < -0.4 is 5.32 Å². The summed E-state index contributed by atoms with van der Waals surface area (Å²) < 4.78 is 13.6. The number of non-ortho nitro benzene ring substituents is 1. The summed E-state index contributed by atoms with van der Waals surface area (Å²) in [6, 6.07) is 20.8. The molecule has 3 aromatic rings. The van der Waals surface area contributed by atoms with Gasteiger partial charge >= 0.3 is 0 Å². The van der Waals surface area contributed by atoms with E-state index in [2.05, 4.69) is 5.32 Å². The maximum Gasteiger partial charge on any atom is 0.269 e. The van der Waals surface area contributed by atoms with Crippen molar-refractivity contribution >= 4 is 29.3 Å². The zero-order valence-electron chi connectivity index (χ0n) is 21.5. The van der Waals surface area contributed by atoms with Crippen LogP contribution in [0.1, 0.15) is 37.0 Å². The second kappa shape index (κ2) is 14.3. The first-order valence-corrected chi connectivity index (χ1v) is 13.6. The highest BCUT2D eigenvalue weighted by Crippen LogP contribution is 2.20. The molecule has 0 radical (unpaired) electrons. The maximum atomic E-state index is 13.6. The van der Waals surface area contributed by atoms with Gasteiger partial charge in [0, 0.05) is 36.9 Å². The number of halogens is 1. The van der Waals surface area contributed by atoms with E-state index in [-0.39, 0.29) is 41.7 Å². The van der Waals surface area contributed by atoms with Gasteiger partial charge in [-0.1, -0.05) is 61.5 Å². The second-order valence-corrected chi connectivity index (χ2v) is 10.1. The molecule has 0 aliphatic carbocycles. The Labute approximate surface area is 226 Å². The molecule has 0 spiro atoms. The highest BCUT2D eigenvalue weighted by atomic mass is 32.2. The van der Waals surface area contributed by atoms with Gasteiger partial charge in [0.2, 0.25) is 11.8 Å². The second-order valence-electron chi connectivity index (χ2n) is 9.09. The summed E-state index contributed by atoms with van der Waals surface area (Å²) in [7, 11) is 0. The van der Waals surface area contributed by atoms with Gasteiger partial charge < -0.3 is 10.2 Å². The molecule has 7 nitrogen and oxygen atoms in total. The molecule has 3 aromatic carbocycles. The Morgan fingerprint density at radius 2 is 1.61 bits per heavy atom. The number of benzene rings is 3. The Bertz CT molecular complexity index is 1210. The summed E-state index contributed by atoms with van der Waals surface area (Å²) >= 11 is 1.37. The monoisotopic (exact) mass is 537 g/mol. The Morgan fingerprint density at radius 1 is 0.974 bits per heavy atom. The summed E-state index contributed by atoms with van der Waals surface area (Å²) in [5.41, 5.74) is 2.51. The van der Waals surface area contributed by atoms with Crippen molar-refractivity contribution in [3.05, 3.63) is 111 Å². The third kappa shape index (κ3) is 8.69. The molecular formula is C29H32FN3O4S. The molecule has 2 amide bonds. The third-order valence-corrected chi connectivity index (χ3v) is 7.17. The Hall–Kier alpha value is -3.72. The molecule has 0 saturated heterocycles. The van der Waals surface area contributed by atoms with E-state index in [0.29, 0.717) is 12.2 Å². The molecule has 200 valence electrons. The molecule has 0 unspecified atom stereocenters. The van der Waals surface area contributed by atoms with Gasteiger partial charge in [-0.2, -0.15) is 0 Å². The molecule has 38 heavy (non-hydrogen) atoms. The molecule has 0 aliphatic heterocycles. The van der Waals surface area contributed by atoms with Crippen LogP contribution in [0, 0.1) is 15.9 Å². The summed E-state index contributed by atoms with van der Waals surface area (Å²) in [6.45, 7) is 4.06. The largest absolute Gasteiger partial charge is 0.352 e. The lowest BCUT2D eigenvalue weighted by Crippen LogP contribution is -2.52. The lowest BCUT2D eigenvalue weighted by Gasteiger charge is -2.32. The summed E-state index contributed by atoms with van der Waals surface area (Å²) in [4.78, 5) is 39.1. The van der Waals surface area contributed by atoms with E-state index >= 15 is 0 Å². The van der Waals surface area contributed by atoms with Gasteiger partial charge in [-0.25, -0.2) is 4.39 Å². The van der Waals surface area contributed by atoms with Crippen LogP contribution in [0.4, 0.5) is 10.1 Å². The van der Waals surface area contributed by atoms with E-state index in [1.807, 2.05) is 44.2 Å². The number of nitrogens with zero attached hydrogens (tertiary/aromatic N) is 2. The van der Waals surface area contributed by atoms with Crippen molar-refractivity contribution in [1.29, 1.82) is 0 Å². The summed E-state index contributed by atoms with van der Waals surface area (Å²) in [6.07, 6.45) is 1.09. The lowest BCUT2D eigenvalue weighted by molar-refractivity contribution is -0.384. The minimum absolute atomic E-state index is 0.0105. The molecule has 0 bridgehead atoms. The molecule has 0 aliphatic rings. The number of hydrogen-bond acceptors (Lipinski definition) is 5. The van der Waals surface area contributed by atoms with E-state index < -0.39 is 11.0 Å². The minimum Gasteiger partial charge on any atom is -0.352 e. The van der Waals surface area contributed by atoms with Crippen molar-refractivity contribution in [2.75, 3.05) is 5.75 Å². The smallest absolute Gasteiger partial charge is 0.269 e. The molecule has 0 saturated carbocycles. The molecule has 0 aromatic heterocycles. The van der Waals surface area contributed by atoms with Gasteiger partial charge in [-0.05, 0) is 42.2 Å². The van der Waals surface area contributed by atoms with Crippen molar-refractivity contribution in [2.24, 2.45) is 0 Å². The SMILES string of the molecule is CC[C@@H](C)NC(=O)[C@@H](Cc1ccccc1)N(Cc1ccc(F)cc1)C(=O)CSCc1ccc([N+](=O)[O-])cc1. The Morgan fingerprint density at radius 3 is 2.21 bits per heavy atom. The quantitative estimate of drug-likeness (QED) is 0.229. The highest BCUT2D eigenvalue weighted by molar-refractivity contribution is 7.99.